The van der Waals surface area contributed by atoms with E-state index in [1.165, 1.54) is 41.7 Å². The Morgan fingerprint density at radius 1 is 1.43 bits per heavy atom. The lowest BCUT2D eigenvalue weighted by atomic mass is 9.51. The molecule has 1 aromatic carbocycles. The second-order valence-corrected chi connectivity index (χ2v) is 7.89. The number of hydrogen-bond acceptors (Lipinski definition) is 2. The Labute approximate surface area is 138 Å². The van der Waals surface area contributed by atoms with E-state index in [-0.39, 0.29) is 11.5 Å². The highest BCUT2D eigenvalue weighted by atomic mass is 16.5. The van der Waals surface area contributed by atoms with Crippen molar-refractivity contribution in [3.63, 3.8) is 0 Å². The van der Waals surface area contributed by atoms with Gasteiger partial charge in [-0.3, -0.25) is 4.90 Å². The summed E-state index contributed by atoms with van der Waals surface area (Å²) in [5.74, 6) is 1.90. The maximum Gasteiger partial charge on any atom is 0.130 e. The molecule has 2 fully saturated rings. The Kier molecular flexibility index (Phi) is 2.72. The molecule has 120 valence electrons. The van der Waals surface area contributed by atoms with Crippen molar-refractivity contribution >= 4 is 0 Å². The van der Waals surface area contributed by atoms with E-state index in [1.54, 1.807) is 5.56 Å². The Balaban J connectivity index is 1.75. The van der Waals surface area contributed by atoms with Crippen molar-refractivity contribution in [2.75, 3.05) is 13.1 Å². The van der Waals surface area contributed by atoms with Gasteiger partial charge in [0.15, 0.2) is 0 Å². The quantitative estimate of drug-likeness (QED) is 0.771. The highest BCUT2D eigenvalue weighted by molar-refractivity contribution is 5.59. The zero-order chi connectivity index (χ0) is 15.8. The first-order valence-electron chi connectivity index (χ1n) is 8.99. The van der Waals surface area contributed by atoms with E-state index in [2.05, 4.69) is 43.2 Å². The van der Waals surface area contributed by atoms with E-state index in [0.717, 1.165) is 19.5 Å². The van der Waals surface area contributed by atoms with Crippen LogP contribution in [-0.4, -0.2) is 30.1 Å². The lowest BCUT2D eigenvalue weighted by Gasteiger charge is -2.58. The summed E-state index contributed by atoms with van der Waals surface area (Å²) in [6.07, 6.45) is 7.05. The molecule has 2 heterocycles. The zero-order valence-electron chi connectivity index (χ0n) is 14.0. The van der Waals surface area contributed by atoms with Gasteiger partial charge >= 0.3 is 0 Å². The monoisotopic (exact) mass is 307 g/mol. The van der Waals surface area contributed by atoms with Crippen molar-refractivity contribution in [2.45, 2.75) is 50.2 Å². The average Bonchev–Trinajstić information content (AvgIpc) is 2.89. The first-order valence-corrected chi connectivity index (χ1v) is 8.99. The van der Waals surface area contributed by atoms with Gasteiger partial charge in [-0.2, -0.15) is 0 Å². The SMILES string of the molecule is C=CCN1CC[C@@]23c4c5ccc(C)c4O[C@@H]2C(=C)CC[C@@H]3[C@@H]1C5. The summed E-state index contributed by atoms with van der Waals surface area (Å²) >= 11 is 0. The van der Waals surface area contributed by atoms with E-state index < -0.39 is 0 Å². The van der Waals surface area contributed by atoms with Gasteiger partial charge in [-0.25, -0.2) is 0 Å². The fraction of sp³-hybridized carbons (Fsp3) is 0.524. The molecular weight excluding hydrogens is 282 g/mol. The maximum absolute atomic E-state index is 6.58. The van der Waals surface area contributed by atoms with Gasteiger partial charge in [0.25, 0.3) is 0 Å². The topological polar surface area (TPSA) is 12.5 Å². The summed E-state index contributed by atoms with van der Waals surface area (Å²) in [6.45, 7) is 12.7. The first kappa shape index (κ1) is 13.9. The number of hydrogen-bond donors (Lipinski definition) is 0. The maximum atomic E-state index is 6.58. The van der Waals surface area contributed by atoms with Crippen molar-refractivity contribution in [1.82, 2.24) is 4.90 Å². The van der Waals surface area contributed by atoms with E-state index in [9.17, 15) is 0 Å². The Morgan fingerprint density at radius 2 is 2.30 bits per heavy atom. The molecule has 1 spiro atoms. The van der Waals surface area contributed by atoms with Crippen LogP contribution in [-0.2, 0) is 11.8 Å². The van der Waals surface area contributed by atoms with Crippen molar-refractivity contribution < 1.29 is 4.74 Å². The van der Waals surface area contributed by atoms with Crippen molar-refractivity contribution in [3.05, 3.63) is 53.6 Å². The summed E-state index contributed by atoms with van der Waals surface area (Å²) in [4.78, 5) is 2.66. The Hall–Kier alpha value is -1.54. The first-order chi connectivity index (χ1) is 11.2. The van der Waals surface area contributed by atoms with Crippen LogP contribution in [0.4, 0.5) is 0 Å². The van der Waals surface area contributed by atoms with E-state index >= 15 is 0 Å². The predicted molar refractivity (Wildman–Crippen MR) is 93.0 cm³/mol. The minimum absolute atomic E-state index is 0.201. The van der Waals surface area contributed by atoms with Gasteiger partial charge in [-0.1, -0.05) is 24.8 Å². The van der Waals surface area contributed by atoms with Crippen LogP contribution in [0.15, 0.2) is 36.9 Å². The van der Waals surface area contributed by atoms with Crippen LogP contribution >= 0.6 is 0 Å². The van der Waals surface area contributed by atoms with Crippen LogP contribution in [0.25, 0.3) is 0 Å². The molecule has 5 rings (SSSR count). The Bertz CT molecular complexity index is 721. The van der Waals surface area contributed by atoms with Crippen LogP contribution in [0.1, 0.15) is 36.0 Å². The molecule has 0 amide bonds. The van der Waals surface area contributed by atoms with Gasteiger partial charge in [0.2, 0.25) is 0 Å². The molecule has 1 saturated heterocycles. The minimum atomic E-state index is 0.201. The second-order valence-electron chi connectivity index (χ2n) is 7.89. The third-order valence-corrected chi connectivity index (χ3v) is 6.96. The number of ether oxygens (including phenoxy) is 1. The molecule has 2 aliphatic carbocycles. The molecule has 2 heteroatoms. The van der Waals surface area contributed by atoms with Crippen molar-refractivity contribution in [2.24, 2.45) is 5.92 Å². The second kappa shape index (κ2) is 4.51. The van der Waals surface area contributed by atoms with Crippen LogP contribution in [0.2, 0.25) is 0 Å². The largest absolute Gasteiger partial charge is 0.485 e. The smallest absolute Gasteiger partial charge is 0.130 e. The summed E-state index contributed by atoms with van der Waals surface area (Å²) in [5, 5.41) is 0. The third kappa shape index (κ3) is 1.53. The van der Waals surface area contributed by atoms with Gasteiger partial charge < -0.3 is 4.74 Å². The highest BCUT2D eigenvalue weighted by Crippen LogP contribution is 2.63. The van der Waals surface area contributed by atoms with E-state index in [0.29, 0.717) is 12.0 Å². The number of benzene rings is 1. The van der Waals surface area contributed by atoms with Gasteiger partial charge in [-0.05, 0) is 61.8 Å². The molecular formula is C21H25NO. The van der Waals surface area contributed by atoms with Gasteiger partial charge in [-0.15, -0.1) is 6.58 Å². The lowest BCUT2D eigenvalue weighted by Crippen LogP contribution is -2.64. The molecule has 2 bridgehead atoms. The molecule has 1 saturated carbocycles. The standard InChI is InChI=1S/C21H25NO/c1-4-10-22-11-9-21-16-8-6-14(3)20(21)23-19-13(2)5-7-15(18(19)21)12-17(16)22/h4-5,7,16-17,20H,1,3,6,8-12H2,2H3/t16-,17+,20-,21-/m1/s1. The van der Waals surface area contributed by atoms with Crippen LogP contribution < -0.4 is 4.74 Å². The summed E-state index contributed by atoms with van der Waals surface area (Å²) in [7, 11) is 0. The number of nitrogens with zero attached hydrogens (tertiary/aromatic N) is 1. The van der Waals surface area contributed by atoms with Crippen molar-refractivity contribution in [1.29, 1.82) is 0 Å². The molecule has 4 atom stereocenters. The van der Waals surface area contributed by atoms with Crippen molar-refractivity contribution in [3.8, 4) is 5.75 Å². The van der Waals surface area contributed by atoms with Crippen LogP contribution in [0.3, 0.4) is 0 Å². The summed E-state index contributed by atoms with van der Waals surface area (Å²) in [6, 6.07) is 5.25. The lowest BCUT2D eigenvalue weighted by molar-refractivity contribution is -0.0274. The average molecular weight is 307 g/mol. The number of piperidine rings is 1. The van der Waals surface area contributed by atoms with E-state index in [1.807, 2.05) is 0 Å². The fourth-order valence-electron chi connectivity index (χ4n) is 6.09. The molecule has 4 aliphatic rings. The predicted octanol–water partition coefficient (Wildman–Crippen LogP) is 3.78. The van der Waals surface area contributed by atoms with Gasteiger partial charge in [0.05, 0.1) is 0 Å². The van der Waals surface area contributed by atoms with Gasteiger partial charge in [0.1, 0.15) is 11.9 Å². The highest BCUT2D eigenvalue weighted by Gasteiger charge is 2.63. The van der Waals surface area contributed by atoms with E-state index in [4.69, 9.17) is 4.74 Å². The van der Waals surface area contributed by atoms with Gasteiger partial charge in [0, 0.05) is 23.6 Å². The molecule has 0 radical (unpaired) electrons. The normalized spacial score (nSPS) is 37.3. The molecule has 0 unspecified atom stereocenters. The molecule has 2 aliphatic heterocycles. The molecule has 0 aromatic heterocycles. The minimum Gasteiger partial charge on any atom is -0.485 e. The zero-order valence-corrected chi connectivity index (χ0v) is 14.0. The fourth-order valence-corrected chi connectivity index (χ4v) is 6.09. The Morgan fingerprint density at radius 3 is 3.13 bits per heavy atom. The number of likely N-dealkylation sites (tertiary alicyclic amines) is 1. The number of rotatable bonds is 2. The molecule has 1 aromatic rings. The summed E-state index contributed by atoms with van der Waals surface area (Å²) < 4.78 is 6.58. The van der Waals surface area contributed by atoms with Crippen LogP contribution in [0.5, 0.6) is 5.75 Å². The number of aryl methyl sites for hydroxylation is 1. The summed E-state index contributed by atoms with van der Waals surface area (Å²) in [5.41, 5.74) is 5.90. The molecule has 2 nitrogen and oxygen atoms in total. The molecule has 0 N–H and O–H groups in total. The third-order valence-electron chi connectivity index (χ3n) is 6.96. The molecule has 23 heavy (non-hydrogen) atoms. The van der Waals surface area contributed by atoms with Crippen LogP contribution in [0, 0.1) is 12.8 Å².